The molecule has 0 spiro atoms. The van der Waals surface area contributed by atoms with E-state index in [2.05, 4.69) is 17.3 Å². The first kappa shape index (κ1) is 13.5. The van der Waals surface area contributed by atoms with Crippen molar-refractivity contribution in [3.8, 4) is 0 Å². The summed E-state index contributed by atoms with van der Waals surface area (Å²) < 4.78 is 1.76. The number of aliphatic imine (C=N–C) groups is 1. The van der Waals surface area contributed by atoms with Gasteiger partial charge in [0.1, 0.15) is 5.69 Å². The first-order valence-electron chi connectivity index (χ1n) is 7.19. The van der Waals surface area contributed by atoms with E-state index in [0.29, 0.717) is 17.9 Å². The van der Waals surface area contributed by atoms with Crippen molar-refractivity contribution < 1.29 is 4.79 Å². The second kappa shape index (κ2) is 5.52. The topological polar surface area (TPSA) is 59.3 Å². The van der Waals surface area contributed by atoms with Crippen molar-refractivity contribution in [2.24, 2.45) is 4.99 Å². The lowest BCUT2D eigenvalue weighted by Gasteiger charge is -2.06. The molecule has 3 rings (SSSR count). The van der Waals surface area contributed by atoms with Crippen LogP contribution < -0.4 is 5.32 Å². The van der Waals surface area contributed by atoms with Gasteiger partial charge >= 0.3 is 0 Å². The normalized spacial score (nSPS) is 14.2. The lowest BCUT2D eigenvalue weighted by atomic mass is 10.1. The number of aryl methyl sites for hydroxylation is 2. The Balaban J connectivity index is 2.11. The van der Waals surface area contributed by atoms with Crippen molar-refractivity contribution in [2.75, 3.05) is 6.54 Å². The van der Waals surface area contributed by atoms with Crippen molar-refractivity contribution in [1.29, 1.82) is 0 Å². The fourth-order valence-corrected chi connectivity index (χ4v) is 2.52. The molecule has 1 aliphatic heterocycles. The second-order valence-corrected chi connectivity index (χ2v) is 5.11. The maximum absolute atomic E-state index is 12.3. The number of carbonyl (C=O) groups is 1. The summed E-state index contributed by atoms with van der Waals surface area (Å²) in [6.45, 7) is 5.12. The Kier molecular flexibility index (Phi) is 3.56. The Morgan fingerprint density at radius 3 is 2.76 bits per heavy atom. The molecule has 5 heteroatoms. The lowest BCUT2D eigenvalue weighted by molar-refractivity contribution is 0.0950. The highest BCUT2D eigenvalue weighted by molar-refractivity contribution is 6.10. The number of hydrogen-bond acceptors (Lipinski definition) is 3. The van der Waals surface area contributed by atoms with E-state index in [9.17, 15) is 4.79 Å². The largest absolute Gasteiger partial charge is 0.345 e. The number of nitrogens with zero attached hydrogens (tertiary/aromatic N) is 3. The van der Waals surface area contributed by atoms with E-state index in [4.69, 9.17) is 4.99 Å². The van der Waals surface area contributed by atoms with Gasteiger partial charge in [0, 0.05) is 6.54 Å². The molecule has 2 aromatic rings. The van der Waals surface area contributed by atoms with Gasteiger partial charge in [-0.15, -0.1) is 0 Å². The van der Waals surface area contributed by atoms with E-state index in [1.165, 1.54) is 0 Å². The molecule has 5 nitrogen and oxygen atoms in total. The number of amides is 1. The van der Waals surface area contributed by atoms with E-state index in [-0.39, 0.29) is 5.91 Å². The van der Waals surface area contributed by atoms with Crippen LogP contribution >= 0.6 is 0 Å². The van der Waals surface area contributed by atoms with Crippen molar-refractivity contribution in [3.63, 3.8) is 0 Å². The molecule has 2 heterocycles. The van der Waals surface area contributed by atoms with Crippen LogP contribution in [0.3, 0.4) is 0 Å². The van der Waals surface area contributed by atoms with E-state index in [0.717, 1.165) is 29.9 Å². The van der Waals surface area contributed by atoms with Crippen LogP contribution in [-0.2, 0) is 6.54 Å². The minimum atomic E-state index is -0.103. The van der Waals surface area contributed by atoms with Crippen LogP contribution in [-0.4, -0.2) is 27.9 Å². The van der Waals surface area contributed by atoms with Gasteiger partial charge in [-0.3, -0.25) is 9.48 Å². The third-order valence-electron chi connectivity index (χ3n) is 3.52. The first-order chi connectivity index (χ1) is 10.2. The predicted octanol–water partition coefficient (Wildman–Crippen LogP) is 2.47. The van der Waals surface area contributed by atoms with Crippen LogP contribution in [0.5, 0.6) is 0 Å². The smallest absolute Gasteiger partial charge is 0.272 e. The van der Waals surface area contributed by atoms with Crippen LogP contribution in [0.25, 0.3) is 0 Å². The summed E-state index contributed by atoms with van der Waals surface area (Å²) in [5.74, 6) is -0.103. The molecule has 0 fully saturated rings. The third kappa shape index (κ3) is 2.46. The Morgan fingerprint density at radius 1 is 1.29 bits per heavy atom. The molecule has 1 aromatic heterocycles. The lowest BCUT2D eigenvalue weighted by Crippen LogP contribution is -2.30. The molecule has 1 N–H and O–H groups in total. The molecule has 0 radical (unpaired) electrons. The summed E-state index contributed by atoms with van der Waals surface area (Å²) in [6, 6.07) is 9.91. The maximum atomic E-state index is 12.3. The summed E-state index contributed by atoms with van der Waals surface area (Å²) in [5.41, 5.74) is 3.94. The molecule has 0 atom stereocenters. The van der Waals surface area contributed by atoms with Crippen LogP contribution in [0.1, 0.15) is 35.1 Å². The highest BCUT2D eigenvalue weighted by Crippen LogP contribution is 2.26. The molecular weight excluding hydrogens is 264 g/mol. The van der Waals surface area contributed by atoms with Gasteiger partial charge in [-0.25, -0.2) is 4.99 Å². The number of benzene rings is 1. The zero-order valence-corrected chi connectivity index (χ0v) is 12.3. The molecule has 0 unspecified atom stereocenters. The van der Waals surface area contributed by atoms with Gasteiger partial charge in [0.2, 0.25) is 0 Å². The van der Waals surface area contributed by atoms with Gasteiger partial charge in [0.25, 0.3) is 5.91 Å². The first-order valence-corrected chi connectivity index (χ1v) is 7.19. The second-order valence-electron chi connectivity index (χ2n) is 5.11. The van der Waals surface area contributed by atoms with Gasteiger partial charge in [-0.05, 0) is 18.9 Å². The minimum Gasteiger partial charge on any atom is -0.345 e. The van der Waals surface area contributed by atoms with Crippen LogP contribution in [0.15, 0.2) is 35.3 Å². The Bertz CT molecular complexity index is 701. The van der Waals surface area contributed by atoms with Crippen LogP contribution in [0.2, 0.25) is 0 Å². The van der Waals surface area contributed by atoms with Crippen molar-refractivity contribution >= 4 is 17.3 Å². The van der Waals surface area contributed by atoms with Gasteiger partial charge in [-0.1, -0.05) is 37.3 Å². The summed E-state index contributed by atoms with van der Waals surface area (Å²) in [7, 11) is 0. The Hall–Kier alpha value is -2.43. The quantitative estimate of drug-likeness (QED) is 0.940. The fraction of sp³-hybridized carbons (Fsp3) is 0.312. The molecule has 1 amide bonds. The van der Waals surface area contributed by atoms with E-state index >= 15 is 0 Å². The highest BCUT2D eigenvalue weighted by atomic mass is 16.2. The summed E-state index contributed by atoms with van der Waals surface area (Å²) in [4.78, 5) is 17.1. The molecule has 0 bridgehead atoms. The van der Waals surface area contributed by atoms with Crippen LogP contribution in [0, 0.1) is 6.92 Å². The monoisotopic (exact) mass is 282 g/mol. The SMILES string of the molecule is CCCn1nc(C)c2c1C(=O)NCC(c1ccccc1)=N2. The zero-order chi connectivity index (χ0) is 14.8. The van der Waals surface area contributed by atoms with Gasteiger partial charge < -0.3 is 5.32 Å². The van der Waals surface area contributed by atoms with Crippen molar-refractivity contribution in [1.82, 2.24) is 15.1 Å². The van der Waals surface area contributed by atoms with Gasteiger partial charge in [0.15, 0.2) is 5.69 Å². The average Bonchev–Trinajstić information content (AvgIpc) is 2.68. The molecule has 108 valence electrons. The number of carbonyl (C=O) groups excluding carboxylic acids is 1. The Labute approximate surface area is 123 Å². The number of fused-ring (bicyclic) bond motifs is 1. The number of nitrogens with one attached hydrogen (secondary N) is 1. The molecule has 1 aliphatic rings. The summed E-state index contributed by atoms with van der Waals surface area (Å²) >= 11 is 0. The third-order valence-corrected chi connectivity index (χ3v) is 3.52. The van der Waals surface area contributed by atoms with Crippen molar-refractivity contribution in [3.05, 3.63) is 47.3 Å². The van der Waals surface area contributed by atoms with E-state index in [1.807, 2.05) is 37.3 Å². The fourth-order valence-electron chi connectivity index (χ4n) is 2.52. The standard InChI is InChI=1S/C16H18N4O/c1-3-9-20-15-14(11(2)19-20)18-13(10-17-16(15)21)12-7-5-4-6-8-12/h4-8H,3,9-10H2,1-2H3,(H,17,21). The average molecular weight is 282 g/mol. The number of hydrogen-bond donors (Lipinski definition) is 1. The van der Waals surface area contributed by atoms with E-state index in [1.54, 1.807) is 4.68 Å². The Morgan fingerprint density at radius 2 is 2.05 bits per heavy atom. The van der Waals surface area contributed by atoms with Gasteiger partial charge in [0.05, 0.1) is 18.0 Å². The van der Waals surface area contributed by atoms with Crippen molar-refractivity contribution in [2.45, 2.75) is 26.8 Å². The molecule has 0 saturated heterocycles. The molecule has 1 aromatic carbocycles. The summed E-state index contributed by atoms with van der Waals surface area (Å²) in [5, 5.41) is 7.38. The minimum absolute atomic E-state index is 0.103. The molecular formula is C16H18N4O. The maximum Gasteiger partial charge on any atom is 0.272 e. The van der Waals surface area contributed by atoms with E-state index < -0.39 is 0 Å². The molecule has 0 saturated carbocycles. The molecule has 0 aliphatic carbocycles. The summed E-state index contributed by atoms with van der Waals surface area (Å²) in [6.07, 6.45) is 0.927. The zero-order valence-electron chi connectivity index (χ0n) is 12.3. The van der Waals surface area contributed by atoms with Crippen LogP contribution in [0.4, 0.5) is 5.69 Å². The van der Waals surface area contributed by atoms with Gasteiger partial charge in [-0.2, -0.15) is 5.10 Å². The number of aromatic nitrogens is 2. The number of rotatable bonds is 3. The highest BCUT2D eigenvalue weighted by Gasteiger charge is 2.24. The predicted molar refractivity (Wildman–Crippen MR) is 82.2 cm³/mol. The molecule has 21 heavy (non-hydrogen) atoms.